The molecule has 2 N–H and O–H groups in total. The molecule has 0 heterocycles. The maximum absolute atomic E-state index is 13.1. The molecule has 0 aliphatic heterocycles. The minimum absolute atomic E-state index is 0.0675. The van der Waals surface area contributed by atoms with E-state index in [9.17, 15) is 26.4 Å². The van der Waals surface area contributed by atoms with Crippen molar-refractivity contribution < 1.29 is 26.4 Å². The van der Waals surface area contributed by atoms with E-state index in [-0.39, 0.29) is 9.92 Å². The van der Waals surface area contributed by atoms with Crippen molar-refractivity contribution in [2.75, 3.05) is 5.32 Å². The second-order valence-corrected chi connectivity index (χ2v) is 7.48. The number of carbonyl (C=O) groups excluding carboxylic acids is 1. The Morgan fingerprint density at radius 2 is 1.73 bits per heavy atom. The van der Waals surface area contributed by atoms with Gasteiger partial charge in [-0.05, 0) is 37.3 Å². The third kappa shape index (κ3) is 4.96. The van der Waals surface area contributed by atoms with Crippen LogP contribution < -0.4 is 10.0 Å². The second kappa shape index (κ2) is 7.65. The lowest BCUT2D eigenvalue weighted by Gasteiger charge is -2.17. The zero-order valence-electron chi connectivity index (χ0n) is 13.3. The van der Waals surface area contributed by atoms with Gasteiger partial charge in [0, 0.05) is 5.02 Å². The molecule has 2 aromatic carbocycles. The summed E-state index contributed by atoms with van der Waals surface area (Å²) in [5, 5.41) is 1.93. The van der Waals surface area contributed by atoms with E-state index in [4.69, 9.17) is 11.6 Å². The highest BCUT2D eigenvalue weighted by molar-refractivity contribution is 7.89. The molecular formula is C16H14ClF3N2O3S. The highest BCUT2D eigenvalue weighted by atomic mass is 35.5. The first-order valence-corrected chi connectivity index (χ1v) is 9.12. The molecule has 10 heteroatoms. The summed E-state index contributed by atoms with van der Waals surface area (Å²) in [6.45, 7) is 1.22. The van der Waals surface area contributed by atoms with Crippen LogP contribution >= 0.6 is 11.6 Å². The maximum atomic E-state index is 13.1. The summed E-state index contributed by atoms with van der Waals surface area (Å²) >= 11 is 5.57. The molecule has 140 valence electrons. The standard InChI is InChI=1S/C16H14ClF3N2O3S/c1-10(22-26(24,25)12-5-3-2-4-6-12)15(23)21-14-8-7-11(17)9-13(14)16(18,19)20/h2-10,22H,1H3,(H,21,23)/t10-/m1/s1. The van der Waals surface area contributed by atoms with Gasteiger partial charge in [-0.2, -0.15) is 17.9 Å². The third-order valence-electron chi connectivity index (χ3n) is 3.32. The number of nitrogens with one attached hydrogen (secondary N) is 2. The topological polar surface area (TPSA) is 75.3 Å². The Bertz CT molecular complexity index is 903. The summed E-state index contributed by atoms with van der Waals surface area (Å²) in [5.74, 6) is -0.947. The Labute approximate surface area is 153 Å². The second-order valence-electron chi connectivity index (χ2n) is 5.33. The minimum atomic E-state index is -4.74. The average molecular weight is 407 g/mol. The number of benzene rings is 2. The van der Waals surface area contributed by atoms with Gasteiger partial charge in [-0.25, -0.2) is 8.42 Å². The molecule has 0 spiro atoms. The van der Waals surface area contributed by atoms with E-state index >= 15 is 0 Å². The van der Waals surface area contributed by atoms with Crippen molar-refractivity contribution in [3.63, 3.8) is 0 Å². The number of hydrogen-bond acceptors (Lipinski definition) is 3. The lowest BCUT2D eigenvalue weighted by atomic mass is 10.1. The Kier molecular flexibility index (Phi) is 5.94. The van der Waals surface area contributed by atoms with Gasteiger partial charge in [-0.15, -0.1) is 0 Å². The van der Waals surface area contributed by atoms with E-state index in [0.29, 0.717) is 6.07 Å². The van der Waals surface area contributed by atoms with Gasteiger partial charge in [0.2, 0.25) is 15.9 Å². The molecule has 26 heavy (non-hydrogen) atoms. The molecule has 0 fully saturated rings. The van der Waals surface area contributed by atoms with Crippen LogP contribution in [0.2, 0.25) is 5.02 Å². The fourth-order valence-corrected chi connectivity index (χ4v) is 3.45. The first kappa shape index (κ1) is 20.2. The third-order valence-corrected chi connectivity index (χ3v) is 5.12. The molecular weight excluding hydrogens is 393 g/mol. The predicted octanol–water partition coefficient (Wildman–Crippen LogP) is 3.66. The van der Waals surface area contributed by atoms with Gasteiger partial charge >= 0.3 is 6.18 Å². The van der Waals surface area contributed by atoms with Gasteiger partial charge in [0.25, 0.3) is 0 Å². The lowest BCUT2D eigenvalue weighted by Crippen LogP contribution is -2.41. The van der Waals surface area contributed by atoms with Crippen LogP contribution in [0.5, 0.6) is 0 Å². The van der Waals surface area contributed by atoms with Crippen molar-refractivity contribution >= 4 is 33.2 Å². The number of sulfonamides is 1. The zero-order chi connectivity index (χ0) is 19.5. The molecule has 1 atom stereocenters. The highest BCUT2D eigenvalue weighted by Crippen LogP contribution is 2.36. The quantitative estimate of drug-likeness (QED) is 0.795. The summed E-state index contributed by atoms with van der Waals surface area (Å²) < 4.78 is 65.6. The number of amides is 1. The van der Waals surface area contributed by atoms with Crippen molar-refractivity contribution in [2.24, 2.45) is 0 Å². The summed E-state index contributed by atoms with van der Waals surface area (Å²) in [7, 11) is -4.00. The monoisotopic (exact) mass is 406 g/mol. The first-order chi connectivity index (χ1) is 12.0. The lowest BCUT2D eigenvalue weighted by molar-refractivity contribution is -0.137. The van der Waals surface area contributed by atoms with E-state index in [1.54, 1.807) is 6.07 Å². The number of carbonyl (C=O) groups is 1. The maximum Gasteiger partial charge on any atom is 0.418 e. The normalized spacial score (nSPS) is 13.3. The van der Waals surface area contributed by atoms with Crippen LogP contribution in [-0.4, -0.2) is 20.4 Å². The van der Waals surface area contributed by atoms with Crippen molar-refractivity contribution in [3.05, 3.63) is 59.1 Å². The average Bonchev–Trinajstić information content (AvgIpc) is 2.56. The first-order valence-electron chi connectivity index (χ1n) is 7.26. The van der Waals surface area contributed by atoms with Crippen LogP contribution in [0, 0.1) is 0 Å². The Hall–Kier alpha value is -2.10. The van der Waals surface area contributed by atoms with Gasteiger partial charge in [0.1, 0.15) is 0 Å². The van der Waals surface area contributed by atoms with Crippen molar-refractivity contribution in [1.29, 1.82) is 0 Å². The smallest absolute Gasteiger partial charge is 0.324 e. The van der Waals surface area contributed by atoms with E-state index in [1.807, 2.05) is 0 Å². The van der Waals surface area contributed by atoms with Gasteiger partial charge in [-0.1, -0.05) is 29.8 Å². The van der Waals surface area contributed by atoms with Gasteiger partial charge in [-0.3, -0.25) is 4.79 Å². The molecule has 0 saturated heterocycles. The Balaban J connectivity index is 2.18. The minimum Gasteiger partial charge on any atom is -0.324 e. The number of rotatable bonds is 5. The van der Waals surface area contributed by atoms with Crippen LogP contribution in [-0.2, 0) is 21.0 Å². The largest absolute Gasteiger partial charge is 0.418 e. The van der Waals surface area contributed by atoms with Crippen LogP contribution in [0.3, 0.4) is 0 Å². The number of hydrogen-bond donors (Lipinski definition) is 2. The molecule has 0 aliphatic rings. The van der Waals surface area contributed by atoms with E-state index in [0.717, 1.165) is 6.07 Å². The highest BCUT2D eigenvalue weighted by Gasteiger charge is 2.34. The van der Waals surface area contributed by atoms with E-state index in [2.05, 4.69) is 10.0 Å². The van der Waals surface area contributed by atoms with Crippen LogP contribution in [0.25, 0.3) is 0 Å². The van der Waals surface area contributed by atoms with Crippen molar-refractivity contribution in [3.8, 4) is 0 Å². The predicted molar refractivity (Wildman–Crippen MR) is 91.3 cm³/mol. The van der Waals surface area contributed by atoms with Crippen LogP contribution in [0.4, 0.5) is 18.9 Å². The van der Waals surface area contributed by atoms with E-state index < -0.39 is 39.4 Å². The number of alkyl halides is 3. The van der Waals surface area contributed by atoms with Gasteiger partial charge < -0.3 is 5.32 Å². The molecule has 0 bridgehead atoms. The van der Waals surface area contributed by atoms with Crippen molar-refractivity contribution in [2.45, 2.75) is 24.0 Å². The summed E-state index contributed by atoms with van der Waals surface area (Å²) in [5.41, 5.74) is -1.64. The molecule has 2 rings (SSSR count). The molecule has 0 aliphatic carbocycles. The molecule has 2 aromatic rings. The molecule has 0 aromatic heterocycles. The van der Waals surface area contributed by atoms with Crippen LogP contribution in [0.15, 0.2) is 53.4 Å². The SMILES string of the molecule is C[C@@H](NS(=O)(=O)c1ccccc1)C(=O)Nc1ccc(Cl)cc1C(F)(F)F. The number of halogens is 4. The zero-order valence-corrected chi connectivity index (χ0v) is 14.9. The Morgan fingerprint density at radius 1 is 1.12 bits per heavy atom. The fraction of sp³-hybridized carbons (Fsp3) is 0.188. The summed E-state index contributed by atoms with van der Waals surface area (Å²) in [4.78, 5) is 12.1. The van der Waals surface area contributed by atoms with Gasteiger partial charge in [0.15, 0.2) is 0 Å². The summed E-state index contributed by atoms with van der Waals surface area (Å²) in [6, 6.07) is 8.83. The van der Waals surface area contributed by atoms with E-state index in [1.165, 1.54) is 37.3 Å². The molecule has 0 saturated carbocycles. The molecule has 0 radical (unpaired) electrons. The molecule has 5 nitrogen and oxygen atoms in total. The Morgan fingerprint density at radius 3 is 2.31 bits per heavy atom. The molecule has 0 unspecified atom stereocenters. The number of anilines is 1. The van der Waals surface area contributed by atoms with Crippen molar-refractivity contribution in [1.82, 2.24) is 4.72 Å². The fourth-order valence-electron chi connectivity index (χ4n) is 2.05. The molecule has 1 amide bonds. The van der Waals surface area contributed by atoms with Gasteiger partial charge in [0.05, 0.1) is 22.2 Å². The summed E-state index contributed by atoms with van der Waals surface area (Å²) in [6.07, 6.45) is -4.74. The van der Waals surface area contributed by atoms with Crippen LogP contribution in [0.1, 0.15) is 12.5 Å².